The number of hydrazine groups is 2. The molecule has 1 aliphatic heterocycles. The van der Waals surface area contributed by atoms with Gasteiger partial charge in [0, 0.05) is 13.2 Å². The Labute approximate surface area is 135 Å². The fourth-order valence-corrected chi connectivity index (χ4v) is 2.76. The minimum absolute atomic E-state index is 0.105. The fraction of sp³-hybridized carbons (Fsp3) is 0.375. The quantitative estimate of drug-likeness (QED) is 0.682. The van der Waals surface area contributed by atoms with Crippen molar-refractivity contribution in [1.82, 2.24) is 26.2 Å². The Bertz CT molecular complexity index is 681. The van der Waals surface area contributed by atoms with E-state index in [2.05, 4.69) is 40.6 Å². The van der Waals surface area contributed by atoms with Crippen molar-refractivity contribution in [2.45, 2.75) is 31.8 Å². The Morgan fingerprint density at radius 3 is 2.70 bits per heavy atom. The summed E-state index contributed by atoms with van der Waals surface area (Å²) in [5.74, 6) is 0.135. The van der Waals surface area contributed by atoms with Gasteiger partial charge in [-0.25, -0.2) is 10.9 Å². The van der Waals surface area contributed by atoms with E-state index in [1.54, 1.807) is 4.68 Å². The van der Waals surface area contributed by atoms with E-state index in [9.17, 15) is 4.79 Å². The van der Waals surface area contributed by atoms with Gasteiger partial charge in [0.2, 0.25) is 5.91 Å². The van der Waals surface area contributed by atoms with Crippen molar-refractivity contribution in [2.24, 2.45) is 7.05 Å². The topological polar surface area (TPSA) is 83.0 Å². The minimum Gasteiger partial charge on any atom is -0.322 e. The van der Waals surface area contributed by atoms with Crippen LogP contribution >= 0.6 is 0 Å². The number of aryl methyl sites for hydroxylation is 1. The molecule has 2 heterocycles. The zero-order valence-electron chi connectivity index (χ0n) is 13.5. The summed E-state index contributed by atoms with van der Waals surface area (Å²) in [5, 5.41) is 7.41. The first kappa shape index (κ1) is 15.7. The third-order valence-corrected chi connectivity index (χ3v) is 3.89. The van der Waals surface area contributed by atoms with E-state index < -0.39 is 6.04 Å². The molecular formula is C16H22N6O. The number of rotatable bonds is 4. The van der Waals surface area contributed by atoms with Crippen molar-refractivity contribution < 1.29 is 4.79 Å². The average Bonchev–Trinajstić information content (AvgIpc) is 3.15. The largest absolute Gasteiger partial charge is 0.322 e. The molecule has 1 amide bonds. The van der Waals surface area contributed by atoms with Crippen LogP contribution in [0.5, 0.6) is 0 Å². The van der Waals surface area contributed by atoms with Crippen molar-refractivity contribution in [3.05, 3.63) is 47.8 Å². The van der Waals surface area contributed by atoms with Gasteiger partial charge in [0.05, 0.1) is 17.4 Å². The summed E-state index contributed by atoms with van der Waals surface area (Å²) >= 11 is 0. The molecule has 1 aromatic carbocycles. The third kappa shape index (κ3) is 3.26. The second-order valence-electron chi connectivity index (χ2n) is 6.03. The Morgan fingerprint density at radius 1 is 1.26 bits per heavy atom. The van der Waals surface area contributed by atoms with Crippen molar-refractivity contribution in [2.75, 3.05) is 5.32 Å². The molecule has 23 heavy (non-hydrogen) atoms. The van der Waals surface area contributed by atoms with Gasteiger partial charge in [-0.2, -0.15) is 10.6 Å². The molecule has 1 aliphatic rings. The van der Waals surface area contributed by atoms with Crippen LogP contribution in [0.4, 0.5) is 5.69 Å². The van der Waals surface area contributed by atoms with E-state index in [-0.39, 0.29) is 17.9 Å². The van der Waals surface area contributed by atoms with Crippen LogP contribution in [0.15, 0.2) is 36.5 Å². The molecule has 7 nitrogen and oxygen atoms in total. The summed E-state index contributed by atoms with van der Waals surface area (Å²) in [6.45, 7) is 4.11. The van der Waals surface area contributed by atoms with Crippen molar-refractivity contribution in [1.29, 1.82) is 0 Å². The number of hydrogen-bond acceptors (Lipinski definition) is 5. The highest BCUT2D eigenvalue weighted by atomic mass is 16.2. The summed E-state index contributed by atoms with van der Waals surface area (Å²) in [4.78, 5) is 12.7. The van der Waals surface area contributed by atoms with Gasteiger partial charge in [-0.05, 0) is 11.5 Å². The molecule has 1 aromatic heterocycles. The molecule has 0 saturated carbocycles. The van der Waals surface area contributed by atoms with E-state index in [0.717, 1.165) is 16.9 Å². The second-order valence-corrected chi connectivity index (χ2v) is 6.03. The smallest absolute Gasteiger partial charge is 0.245 e. The van der Waals surface area contributed by atoms with E-state index >= 15 is 0 Å². The van der Waals surface area contributed by atoms with Gasteiger partial charge in [0.15, 0.2) is 0 Å². The number of carbonyl (C=O) groups is 1. The number of benzene rings is 1. The van der Waals surface area contributed by atoms with E-state index in [4.69, 9.17) is 0 Å². The number of nitrogens with zero attached hydrogens (tertiary/aromatic N) is 2. The summed E-state index contributed by atoms with van der Waals surface area (Å²) in [7, 11) is 1.85. The van der Waals surface area contributed by atoms with Crippen LogP contribution in [0.25, 0.3) is 0 Å². The zero-order valence-corrected chi connectivity index (χ0v) is 13.5. The van der Waals surface area contributed by atoms with Gasteiger partial charge in [-0.15, -0.1) is 0 Å². The third-order valence-electron chi connectivity index (χ3n) is 3.89. The Morgan fingerprint density at radius 2 is 2.00 bits per heavy atom. The monoisotopic (exact) mass is 314 g/mol. The van der Waals surface area contributed by atoms with Gasteiger partial charge in [-0.3, -0.25) is 9.48 Å². The molecule has 0 bridgehead atoms. The van der Waals surface area contributed by atoms with Crippen LogP contribution in [-0.2, 0) is 11.8 Å². The number of nitrogens with one attached hydrogen (secondary N) is 4. The standard InChI is InChI=1S/C16H22N6O/c1-10(2)13-12(9-22(3)20-13)17-16(23)15-14(18-21-19-15)11-7-5-4-6-8-11/h4-10,14-15,18-19,21H,1-3H3,(H,17,23). The molecule has 1 fully saturated rings. The SMILES string of the molecule is CC(C)c1nn(C)cc1NC(=O)C1NNNC1c1ccccc1. The normalized spacial score (nSPS) is 20.9. The van der Waals surface area contributed by atoms with Gasteiger partial charge in [0.25, 0.3) is 0 Å². The minimum atomic E-state index is -0.419. The molecule has 2 aromatic rings. The first-order chi connectivity index (χ1) is 11.1. The van der Waals surface area contributed by atoms with Gasteiger partial charge in [0.1, 0.15) is 6.04 Å². The molecule has 0 radical (unpaired) electrons. The van der Waals surface area contributed by atoms with Crippen LogP contribution < -0.4 is 21.7 Å². The lowest BCUT2D eigenvalue weighted by molar-refractivity contribution is -0.118. The Hall–Kier alpha value is -2.22. The van der Waals surface area contributed by atoms with Crippen LogP contribution in [-0.4, -0.2) is 21.7 Å². The van der Waals surface area contributed by atoms with Crippen LogP contribution in [0.1, 0.15) is 37.1 Å². The molecule has 0 spiro atoms. The molecule has 122 valence electrons. The van der Waals surface area contributed by atoms with Crippen LogP contribution in [0.3, 0.4) is 0 Å². The summed E-state index contributed by atoms with van der Waals surface area (Å²) in [6, 6.07) is 9.31. The molecule has 4 N–H and O–H groups in total. The van der Waals surface area contributed by atoms with E-state index in [1.165, 1.54) is 0 Å². The average molecular weight is 314 g/mol. The summed E-state index contributed by atoms with van der Waals surface area (Å²) < 4.78 is 1.72. The van der Waals surface area contributed by atoms with E-state index in [1.807, 2.05) is 43.6 Å². The lowest BCUT2D eigenvalue weighted by atomic mass is 10.00. The number of aromatic nitrogens is 2. The van der Waals surface area contributed by atoms with E-state index in [0.29, 0.717) is 0 Å². The van der Waals surface area contributed by atoms with Gasteiger partial charge in [-0.1, -0.05) is 44.2 Å². The number of hydrogen-bond donors (Lipinski definition) is 4. The van der Waals surface area contributed by atoms with Gasteiger partial charge < -0.3 is 5.32 Å². The van der Waals surface area contributed by atoms with Gasteiger partial charge >= 0.3 is 0 Å². The highest BCUT2D eigenvalue weighted by Crippen LogP contribution is 2.24. The maximum atomic E-state index is 12.7. The van der Waals surface area contributed by atoms with Crippen LogP contribution in [0.2, 0.25) is 0 Å². The maximum absolute atomic E-state index is 12.7. The fourth-order valence-electron chi connectivity index (χ4n) is 2.76. The summed E-state index contributed by atoms with van der Waals surface area (Å²) in [5.41, 5.74) is 11.6. The van der Waals surface area contributed by atoms with Crippen molar-refractivity contribution in [3.8, 4) is 0 Å². The molecular weight excluding hydrogens is 292 g/mol. The van der Waals surface area contributed by atoms with Crippen LogP contribution in [0, 0.1) is 0 Å². The second kappa shape index (κ2) is 6.49. The molecule has 7 heteroatoms. The maximum Gasteiger partial charge on any atom is 0.245 e. The molecule has 2 atom stereocenters. The molecule has 2 unspecified atom stereocenters. The molecule has 3 rings (SSSR count). The highest BCUT2D eigenvalue weighted by Gasteiger charge is 2.34. The van der Waals surface area contributed by atoms with Crippen molar-refractivity contribution in [3.63, 3.8) is 0 Å². The first-order valence-electron chi connectivity index (χ1n) is 7.71. The predicted octanol–water partition coefficient (Wildman–Crippen LogP) is 1.20. The summed E-state index contributed by atoms with van der Waals surface area (Å²) in [6.07, 6.45) is 1.83. The number of amides is 1. The zero-order chi connectivity index (χ0) is 16.4. The molecule has 0 aliphatic carbocycles. The number of anilines is 1. The predicted molar refractivity (Wildman–Crippen MR) is 88.3 cm³/mol. The highest BCUT2D eigenvalue weighted by molar-refractivity contribution is 5.96. The number of carbonyl (C=O) groups excluding carboxylic acids is 1. The van der Waals surface area contributed by atoms with Crippen molar-refractivity contribution >= 4 is 11.6 Å². The lowest BCUT2D eigenvalue weighted by Crippen LogP contribution is -2.41. The molecule has 1 saturated heterocycles. The first-order valence-corrected chi connectivity index (χ1v) is 7.71. The Kier molecular flexibility index (Phi) is 4.42. The Balaban J connectivity index is 1.78. The lowest BCUT2D eigenvalue weighted by Gasteiger charge is -2.18.